The first-order valence-electron chi connectivity index (χ1n) is 9.76. The Balaban J connectivity index is 1.91. The number of hydrogen-bond acceptors (Lipinski definition) is 4. The number of esters is 1. The van der Waals surface area contributed by atoms with E-state index in [1.54, 1.807) is 6.92 Å². The van der Waals surface area contributed by atoms with E-state index in [0.717, 1.165) is 20.5 Å². The van der Waals surface area contributed by atoms with Gasteiger partial charge in [-0.25, -0.2) is 9.79 Å². The van der Waals surface area contributed by atoms with Crippen molar-refractivity contribution in [1.29, 1.82) is 0 Å². The molecule has 4 aromatic rings. The van der Waals surface area contributed by atoms with E-state index in [9.17, 15) is 4.79 Å². The van der Waals surface area contributed by atoms with Gasteiger partial charge in [-0.2, -0.15) is 0 Å². The molecule has 6 heteroatoms. The van der Waals surface area contributed by atoms with Crippen LogP contribution in [0.2, 0.25) is 0 Å². The van der Waals surface area contributed by atoms with Gasteiger partial charge in [0, 0.05) is 15.0 Å². The smallest absolute Gasteiger partial charge is 0.339 e. The molecule has 0 aliphatic heterocycles. The number of hydrogen-bond donors (Lipinski definition) is 2. The number of benzene rings is 3. The van der Waals surface area contributed by atoms with Gasteiger partial charge in [0.1, 0.15) is 0 Å². The van der Waals surface area contributed by atoms with Gasteiger partial charge in [-0.15, -0.1) is 11.3 Å². The number of ether oxygens (including phenoxy) is 1. The number of aliphatic imine (C=N–C) groups is 1. The van der Waals surface area contributed by atoms with Crippen LogP contribution in [0.3, 0.4) is 0 Å². The summed E-state index contributed by atoms with van der Waals surface area (Å²) in [4.78, 5) is 17.5. The van der Waals surface area contributed by atoms with Crippen LogP contribution in [0.25, 0.3) is 32.0 Å². The van der Waals surface area contributed by atoms with Gasteiger partial charge in [0.2, 0.25) is 0 Å². The summed E-state index contributed by atoms with van der Waals surface area (Å²) >= 11 is 1.52. The molecule has 0 saturated heterocycles. The van der Waals surface area contributed by atoms with Gasteiger partial charge in [-0.3, -0.25) is 0 Å². The van der Waals surface area contributed by atoms with Crippen LogP contribution in [0, 0.1) is 6.92 Å². The second kappa shape index (κ2) is 8.16. The third-order valence-corrected chi connectivity index (χ3v) is 6.21. The topological polar surface area (TPSA) is 90.7 Å². The van der Waals surface area contributed by atoms with Crippen LogP contribution in [-0.2, 0) is 11.3 Å². The van der Waals surface area contributed by atoms with Crippen LogP contribution in [0.1, 0.15) is 27.7 Å². The van der Waals surface area contributed by atoms with E-state index < -0.39 is 0 Å². The van der Waals surface area contributed by atoms with E-state index in [1.165, 1.54) is 33.2 Å². The van der Waals surface area contributed by atoms with Crippen molar-refractivity contribution in [3.05, 3.63) is 70.6 Å². The first kappa shape index (κ1) is 19.9. The van der Waals surface area contributed by atoms with Crippen molar-refractivity contribution >= 4 is 44.1 Å². The predicted molar refractivity (Wildman–Crippen MR) is 125 cm³/mol. The summed E-state index contributed by atoms with van der Waals surface area (Å²) in [5.41, 5.74) is 15.1. The number of nitrogens with zero attached hydrogens (tertiary/aromatic N) is 1. The second-order valence-corrected chi connectivity index (χ2v) is 8.19. The fourth-order valence-electron chi connectivity index (χ4n) is 3.77. The Labute approximate surface area is 179 Å². The molecule has 0 spiro atoms. The summed E-state index contributed by atoms with van der Waals surface area (Å²) in [6, 6.07) is 18.8. The summed E-state index contributed by atoms with van der Waals surface area (Å²) in [5.74, 6) is -0.354. The zero-order chi connectivity index (χ0) is 21.3. The summed E-state index contributed by atoms with van der Waals surface area (Å²) in [7, 11) is 0. The SMILES string of the molecule is CCOC(=O)c1c(CN=C(N)N)sc2cc(-c3c(C)ccc4ccccc34)ccc12. The maximum Gasteiger partial charge on any atom is 0.339 e. The summed E-state index contributed by atoms with van der Waals surface area (Å²) in [6.07, 6.45) is 0. The number of fused-ring (bicyclic) bond motifs is 2. The van der Waals surface area contributed by atoms with Crippen molar-refractivity contribution < 1.29 is 9.53 Å². The van der Waals surface area contributed by atoms with Crippen molar-refractivity contribution in [3.8, 4) is 11.1 Å². The molecule has 0 atom stereocenters. The summed E-state index contributed by atoms with van der Waals surface area (Å²) < 4.78 is 6.29. The largest absolute Gasteiger partial charge is 0.462 e. The molecule has 0 fully saturated rings. The number of guanidine groups is 1. The minimum Gasteiger partial charge on any atom is -0.462 e. The lowest BCUT2D eigenvalue weighted by Crippen LogP contribution is -2.22. The molecule has 0 unspecified atom stereocenters. The molecule has 4 rings (SSSR count). The first-order valence-corrected chi connectivity index (χ1v) is 10.6. The van der Waals surface area contributed by atoms with Gasteiger partial charge >= 0.3 is 5.97 Å². The average Bonchev–Trinajstić information content (AvgIpc) is 3.10. The Bertz CT molecular complexity index is 1290. The monoisotopic (exact) mass is 417 g/mol. The predicted octanol–water partition coefficient (Wildman–Crippen LogP) is 4.98. The van der Waals surface area contributed by atoms with Gasteiger partial charge in [-0.05, 0) is 47.4 Å². The zero-order valence-electron chi connectivity index (χ0n) is 16.9. The van der Waals surface area contributed by atoms with Crippen LogP contribution >= 0.6 is 11.3 Å². The molecule has 152 valence electrons. The molecule has 1 heterocycles. The highest BCUT2D eigenvalue weighted by atomic mass is 32.1. The van der Waals surface area contributed by atoms with E-state index in [2.05, 4.69) is 54.4 Å². The van der Waals surface area contributed by atoms with E-state index in [1.807, 2.05) is 12.1 Å². The highest BCUT2D eigenvalue weighted by Gasteiger charge is 2.21. The molecule has 0 radical (unpaired) electrons. The normalized spacial score (nSPS) is 11.0. The number of carbonyl (C=O) groups is 1. The summed E-state index contributed by atoms with van der Waals surface area (Å²) in [6.45, 7) is 4.47. The van der Waals surface area contributed by atoms with Crippen LogP contribution < -0.4 is 11.5 Å². The molecule has 0 aliphatic carbocycles. The number of aryl methyl sites for hydroxylation is 1. The molecule has 5 nitrogen and oxygen atoms in total. The Morgan fingerprint density at radius 2 is 1.87 bits per heavy atom. The van der Waals surface area contributed by atoms with Crippen molar-refractivity contribution in [1.82, 2.24) is 0 Å². The maximum atomic E-state index is 12.6. The van der Waals surface area contributed by atoms with Crippen molar-refractivity contribution in [2.24, 2.45) is 16.5 Å². The summed E-state index contributed by atoms with van der Waals surface area (Å²) in [5, 5.41) is 3.27. The molecule has 0 bridgehead atoms. The van der Waals surface area contributed by atoms with E-state index in [-0.39, 0.29) is 18.5 Å². The lowest BCUT2D eigenvalue weighted by atomic mass is 9.93. The molecule has 0 aliphatic rings. The lowest BCUT2D eigenvalue weighted by molar-refractivity contribution is 0.0528. The Morgan fingerprint density at radius 1 is 1.07 bits per heavy atom. The van der Waals surface area contributed by atoms with Gasteiger partial charge < -0.3 is 16.2 Å². The molecule has 0 amide bonds. The van der Waals surface area contributed by atoms with E-state index >= 15 is 0 Å². The van der Waals surface area contributed by atoms with Gasteiger partial charge in [0.25, 0.3) is 0 Å². The number of thiophene rings is 1. The van der Waals surface area contributed by atoms with Crippen LogP contribution in [0.5, 0.6) is 0 Å². The highest BCUT2D eigenvalue weighted by Crippen LogP contribution is 2.38. The highest BCUT2D eigenvalue weighted by molar-refractivity contribution is 7.19. The quantitative estimate of drug-likeness (QED) is 0.272. The Morgan fingerprint density at radius 3 is 2.63 bits per heavy atom. The van der Waals surface area contributed by atoms with E-state index in [4.69, 9.17) is 16.2 Å². The molecular weight excluding hydrogens is 394 g/mol. The minimum absolute atomic E-state index is 0.00525. The number of rotatable bonds is 5. The second-order valence-electron chi connectivity index (χ2n) is 7.05. The lowest BCUT2D eigenvalue weighted by Gasteiger charge is -2.11. The van der Waals surface area contributed by atoms with Crippen molar-refractivity contribution in [2.45, 2.75) is 20.4 Å². The minimum atomic E-state index is -0.348. The van der Waals surface area contributed by atoms with E-state index in [0.29, 0.717) is 12.2 Å². The molecule has 3 aromatic carbocycles. The van der Waals surface area contributed by atoms with Gasteiger partial charge in [0.05, 0.1) is 18.7 Å². The zero-order valence-corrected chi connectivity index (χ0v) is 17.8. The van der Waals surface area contributed by atoms with Crippen LogP contribution in [0.4, 0.5) is 0 Å². The average molecular weight is 418 g/mol. The van der Waals surface area contributed by atoms with Crippen LogP contribution in [-0.4, -0.2) is 18.5 Å². The van der Waals surface area contributed by atoms with Gasteiger partial charge in [-0.1, -0.05) is 48.5 Å². The standard InChI is InChI=1S/C24H23N3O2S/c1-3-29-23(28)22-18-11-10-16(12-19(18)30-20(22)13-27-24(25)26)21-14(2)8-9-15-6-4-5-7-17(15)21/h4-12H,3,13H2,1-2H3,(H4,25,26,27). The van der Waals surface area contributed by atoms with Crippen molar-refractivity contribution in [3.63, 3.8) is 0 Å². The van der Waals surface area contributed by atoms with Crippen molar-refractivity contribution in [2.75, 3.05) is 6.61 Å². The number of carbonyl (C=O) groups excluding carboxylic acids is 1. The Kier molecular flexibility index (Phi) is 5.42. The maximum absolute atomic E-state index is 12.6. The third kappa shape index (κ3) is 3.62. The number of nitrogens with two attached hydrogens (primary N) is 2. The molecular formula is C24H23N3O2S. The fraction of sp³-hybridized carbons (Fsp3) is 0.167. The third-order valence-electron chi connectivity index (χ3n) is 5.07. The Hall–Kier alpha value is -3.38. The van der Waals surface area contributed by atoms with Gasteiger partial charge in [0.15, 0.2) is 5.96 Å². The molecule has 0 saturated carbocycles. The molecule has 30 heavy (non-hydrogen) atoms. The van der Waals surface area contributed by atoms with Crippen LogP contribution in [0.15, 0.2) is 59.6 Å². The molecule has 1 aromatic heterocycles. The molecule has 4 N–H and O–H groups in total. The fourth-order valence-corrected chi connectivity index (χ4v) is 4.92. The first-order chi connectivity index (χ1) is 14.5.